The van der Waals surface area contributed by atoms with Crippen molar-refractivity contribution in [2.45, 2.75) is 44.8 Å². The highest BCUT2D eigenvalue weighted by Crippen LogP contribution is 2.33. The van der Waals surface area contributed by atoms with E-state index in [9.17, 15) is 22.4 Å². The van der Waals surface area contributed by atoms with Crippen LogP contribution in [-0.2, 0) is 6.18 Å². The fourth-order valence-corrected chi connectivity index (χ4v) is 2.85. The maximum absolute atomic E-state index is 14.0. The van der Waals surface area contributed by atoms with Crippen molar-refractivity contribution in [3.8, 4) is 0 Å². The summed E-state index contributed by atoms with van der Waals surface area (Å²) in [6.07, 6.45) is -1.19. The molecule has 1 aromatic rings. The molecule has 21 heavy (non-hydrogen) atoms. The lowest BCUT2D eigenvalue weighted by molar-refractivity contribution is -0.140. The Hall–Kier alpha value is -1.59. The van der Waals surface area contributed by atoms with Gasteiger partial charge in [-0.3, -0.25) is 4.79 Å². The van der Waals surface area contributed by atoms with Crippen LogP contribution in [0.3, 0.4) is 0 Å². The molecule has 0 N–H and O–H groups in total. The maximum Gasteiger partial charge on any atom is 0.419 e. The Morgan fingerprint density at radius 3 is 2.43 bits per heavy atom. The van der Waals surface area contributed by atoms with E-state index < -0.39 is 29.0 Å². The molecule has 116 valence electrons. The van der Waals surface area contributed by atoms with E-state index in [-0.39, 0.29) is 6.04 Å². The fourth-order valence-electron chi connectivity index (χ4n) is 2.85. The Bertz CT molecular complexity index is 521. The summed E-state index contributed by atoms with van der Waals surface area (Å²) in [6.45, 7) is 2.11. The summed E-state index contributed by atoms with van der Waals surface area (Å²) < 4.78 is 52.2. The van der Waals surface area contributed by atoms with Crippen LogP contribution in [-0.4, -0.2) is 23.4 Å². The monoisotopic (exact) mass is 303 g/mol. The molecule has 1 aromatic carbocycles. The lowest BCUT2D eigenvalue weighted by Gasteiger charge is -2.28. The number of alkyl halides is 3. The highest BCUT2D eigenvalue weighted by atomic mass is 19.4. The summed E-state index contributed by atoms with van der Waals surface area (Å²) in [5, 5.41) is 0. The average Bonchev–Trinajstić information content (AvgIpc) is 2.92. The molecule has 2 nitrogen and oxygen atoms in total. The van der Waals surface area contributed by atoms with Gasteiger partial charge in [-0.15, -0.1) is 0 Å². The van der Waals surface area contributed by atoms with Crippen molar-refractivity contribution < 1.29 is 22.4 Å². The van der Waals surface area contributed by atoms with Crippen LogP contribution < -0.4 is 0 Å². The molecule has 2 rings (SSSR count). The third-order valence-corrected chi connectivity index (χ3v) is 3.90. The van der Waals surface area contributed by atoms with Crippen LogP contribution in [0.1, 0.15) is 48.5 Å². The Balaban J connectivity index is 2.34. The number of hydrogen-bond acceptors (Lipinski definition) is 1. The minimum atomic E-state index is -4.80. The minimum Gasteiger partial charge on any atom is -0.336 e. The summed E-state index contributed by atoms with van der Waals surface area (Å²) in [5.74, 6) is -2.14. The van der Waals surface area contributed by atoms with E-state index in [1.807, 2.05) is 0 Å². The molecular formula is C15H17F4NO. The first-order valence-corrected chi connectivity index (χ1v) is 7.03. The number of rotatable bonds is 3. The predicted octanol–water partition coefficient (Wildman–Crippen LogP) is 4.25. The number of halogens is 4. The van der Waals surface area contributed by atoms with Crippen LogP contribution in [0.25, 0.3) is 0 Å². The van der Waals surface area contributed by atoms with Gasteiger partial charge < -0.3 is 4.90 Å². The van der Waals surface area contributed by atoms with E-state index in [1.54, 1.807) is 6.92 Å². The Morgan fingerprint density at radius 1 is 1.29 bits per heavy atom. The first kappa shape index (κ1) is 15.8. The molecule has 0 heterocycles. The molecule has 1 saturated carbocycles. The standard InChI is InChI=1S/C15H17F4NO/c1-2-20(10-6-3-4-7-10)14(21)11-8-5-9-12(13(11)16)15(17,18)19/h5,8-10H,2-4,6-7H2,1H3. The maximum atomic E-state index is 14.0. The number of amides is 1. The van der Waals surface area contributed by atoms with Crippen molar-refractivity contribution in [3.05, 3.63) is 35.1 Å². The molecule has 0 unspecified atom stereocenters. The van der Waals surface area contributed by atoms with Crippen LogP contribution in [0.4, 0.5) is 17.6 Å². The molecule has 0 radical (unpaired) electrons. The summed E-state index contributed by atoms with van der Waals surface area (Å²) in [4.78, 5) is 13.9. The summed E-state index contributed by atoms with van der Waals surface area (Å²) in [5.41, 5.74) is -1.89. The van der Waals surface area contributed by atoms with Gasteiger partial charge in [0.15, 0.2) is 0 Å². The van der Waals surface area contributed by atoms with E-state index in [2.05, 4.69) is 0 Å². The van der Waals surface area contributed by atoms with E-state index in [4.69, 9.17) is 0 Å². The minimum absolute atomic E-state index is 0.00329. The van der Waals surface area contributed by atoms with Crippen LogP contribution >= 0.6 is 0 Å². The van der Waals surface area contributed by atoms with Crippen molar-refractivity contribution in [1.82, 2.24) is 4.90 Å². The molecule has 0 atom stereocenters. The third-order valence-electron chi connectivity index (χ3n) is 3.90. The van der Waals surface area contributed by atoms with Gasteiger partial charge in [0.25, 0.3) is 5.91 Å². The molecule has 0 saturated heterocycles. The zero-order chi connectivity index (χ0) is 15.6. The average molecular weight is 303 g/mol. The second kappa shape index (κ2) is 6.03. The van der Waals surface area contributed by atoms with Crippen molar-refractivity contribution in [2.24, 2.45) is 0 Å². The number of carbonyl (C=O) groups excluding carboxylic acids is 1. The number of benzene rings is 1. The van der Waals surface area contributed by atoms with E-state index in [0.717, 1.165) is 37.8 Å². The van der Waals surface area contributed by atoms with Gasteiger partial charge in [0.2, 0.25) is 0 Å². The van der Waals surface area contributed by atoms with Gasteiger partial charge in [0, 0.05) is 12.6 Å². The predicted molar refractivity (Wildman–Crippen MR) is 70.4 cm³/mol. The largest absolute Gasteiger partial charge is 0.419 e. The smallest absolute Gasteiger partial charge is 0.336 e. The fraction of sp³-hybridized carbons (Fsp3) is 0.533. The van der Waals surface area contributed by atoms with Gasteiger partial charge in [0.1, 0.15) is 5.82 Å². The second-order valence-corrected chi connectivity index (χ2v) is 5.19. The van der Waals surface area contributed by atoms with Crippen molar-refractivity contribution >= 4 is 5.91 Å². The molecule has 0 spiro atoms. The molecule has 0 aliphatic heterocycles. The normalized spacial score (nSPS) is 16.2. The lowest BCUT2D eigenvalue weighted by Crippen LogP contribution is -2.39. The van der Waals surface area contributed by atoms with Gasteiger partial charge in [-0.25, -0.2) is 4.39 Å². The molecular weight excluding hydrogens is 286 g/mol. The van der Waals surface area contributed by atoms with Crippen LogP contribution in [0.15, 0.2) is 18.2 Å². The van der Waals surface area contributed by atoms with Crippen molar-refractivity contribution in [2.75, 3.05) is 6.54 Å². The van der Waals surface area contributed by atoms with Gasteiger partial charge in [-0.2, -0.15) is 13.2 Å². The summed E-state index contributed by atoms with van der Waals surface area (Å²) in [6, 6.07) is 2.83. The molecule has 1 amide bonds. The Morgan fingerprint density at radius 2 is 1.90 bits per heavy atom. The molecule has 1 aliphatic rings. The zero-order valence-electron chi connectivity index (χ0n) is 11.7. The Kier molecular flexibility index (Phi) is 4.54. The SMILES string of the molecule is CCN(C(=O)c1cccc(C(F)(F)F)c1F)C1CCCC1. The quantitative estimate of drug-likeness (QED) is 0.764. The van der Waals surface area contributed by atoms with E-state index >= 15 is 0 Å². The van der Waals surface area contributed by atoms with Crippen LogP contribution in [0, 0.1) is 5.82 Å². The highest BCUT2D eigenvalue weighted by Gasteiger charge is 2.37. The molecule has 1 aliphatic carbocycles. The highest BCUT2D eigenvalue weighted by molar-refractivity contribution is 5.95. The molecule has 1 fully saturated rings. The van der Waals surface area contributed by atoms with Gasteiger partial charge >= 0.3 is 6.18 Å². The van der Waals surface area contributed by atoms with Crippen molar-refractivity contribution in [1.29, 1.82) is 0 Å². The van der Waals surface area contributed by atoms with E-state index in [1.165, 1.54) is 4.90 Å². The number of carbonyl (C=O) groups is 1. The Labute approximate surface area is 120 Å². The zero-order valence-corrected chi connectivity index (χ0v) is 11.7. The number of hydrogen-bond donors (Lipinski definition) is 0. The van der Waals surface area contributed by atoms with E-state index in [0.29, 0.717) is 12.6 Å². The summed E-state index contributed by atoms with van der Waals surface area (Å²) >= 11 is 0. The topological polar surface area (TPSA) is 20.3 Å². The van der Waals surface area contributed by atoms with Crippen molar-refractivity contribution in [3.63, 3.8) is 0 Å². The lowest BCUT2D eigenvalue weighted by atomic mass is 10.1. The second-order valence-electron chi connectivity index (χ2n) is 5.19. The van der Waals surface area contributed by atoms with Crippen LogP contribution in [0.5, 0.6) is 0 Å². The third kappa shape index (κ3) is 3.19. The first-order chi connectivity index (χ1) is 9.86. The first-order valence-electron chi connectivity index (χ1n) is 7.03. The molecule has 0 aromatic heterocycles. The van der Waals surface area contributed by atoms with Gasteiger partial charge in [-0.1, -0.05) is 18.9 Å². The molecule has 0 bridgehead atoms. The van der Waals surface area contributed by atoms with Gasteiger partial charge in [-0.05, 0) is 31.9 Å². The molecule has 6 heteroatoms. The van der Waals surface area contributed by atoms with Gasteiger partial charge in [0.05, 0.1) is 11.1 Å². The van der Waals surface area contributed by atoms with Crippen LogP contribution in [0.2, 0.25) is 0 Å². The number of nitrogens with zero attached hydrogens (tertiary/aromatic N) is 1. The summed E-state index contributed by atoms with van der Waals surface area (Å²) in [7, 11) is 0.